The van der Waals surface area contributed by atoms with Gasteiger partial charge in [0, 0.05) is 12.7 Å². The lowest BCUT2D eigenvalue weighted by Gasteiger charge is -2.03. The monoisotopic (exact) mass is 312 g/mol. The van der Waals surface area contributed by atoms with E-state index in [-0.39, 0.29) is 10.9 Å². The molecule has 1 amide bonds. The molecule has 2 aromatic rings. The molecule has 2 aromatic heterocycles. The molecule has 0 aliphatic rings. The van der Waals surface area contributed by atoms with Crippen molar-refractivity contribution in [2.24, 2.45) is 0 Å². The number of furan rings is 1. The molecule has 0 spiro atoms. The standard InChI is InChI=1S/C12H16N4O4S/c1-9-7-15-16(8-9)6-5-14-12(17)10-3-4-11(20-10)21(18,19)13-2/h3-4,7-8,13H,5-6H2,1-2H3,(H,14,17). The van der Waals surface area contributed by atoms with Crippen LogP contribution in [0.2, 0.25) is 0 Å². The predicted molar refractivity (Wildman–Crippen MR) is 74.3 cm³/mol. The normalized spacial score (nSPS) is 11.5. The highest BCUT2D eigenvalue weighted by atomic mass is 32.2. The highest BCUT2D eigenvalue weighted by Gasteiger charge is 2.19. The van der Waals surface area contributed by atoms with Crippen molar-refractivity contribution in [1.29, 1.82) is 0 Å². The number of carbonyl (C=O) groups is 1. The van der Waals surface area contributed by atoms with Crippen LogP contribution in [0.15, 0.2) is 34.0 Å². The molecule has 21 heavy (non-hydrogen) atoms. The van der Waals surface area contributed by atoms with Crippen molar-refractivity contribution >= 4 is 15.9 Å². The third-order valence-corrected chi connectivity index (χ3v) is 4.01. The number of hydrogen-bond donors (Lipinski definition) is 2. The Bertz CT molecular complexity index is 732. The zero-order chi connectivity index (χ0) is 15.5. The number of rotatable bonds is 6. The van der Waals surface area contributed by atoms with E-state index in [0.717, 1.165) is 5.56 Å². The van der Waals surface area contributed by atoms with E-state index in [1.165, 1.54) is 19.2 Å². The van der Waals surface area contributed by atoms with Crippen molar-refractivity contribution in [3.05, 3.63) is 35.9 Å². The van der Waals surface area contributed by atoms with E-state index in [1.54, 1.807) is 10.9 Å². The van der Waals surface area contributed by atoms with Gasteiger partial charge in [0.25, 0.3) is 15.9 Å². The molecule has 0 saturated carbocycles. The number of nitrogens with one attached hydrogen (secondary N) is 2. The number of aryl methyl sites for hydroxylation is 1. The summed E-state index contributed by atoms with van der Waals surface area (Å²) in [4.78, 5) is 11.8. The Hall–Kier alpha value is -2.13. The van der Waals surface area contributed by atoms with Crippen molar-refractivity contribution in [1.82, 2.24) is 19.8 Å². The van der Waals surface area contributed by atoms with Gasteiger partial charge in [0.05, 0.1) is 12.7 Å². The first-order valence-electron chi connectivity index (χ1n) is 6.23. The third-order valence-electron chi connectivity index (χ3n) is 2.73. The average molecular weight is 312 g/mol. The fourth-order valence-corrected chi connectivity index (χ4v) is 2.30. The van der Waals surface area contributed by atoms with E-state index in [4.69, 9.17) is 4.42 Å². The lowest BCUT2D eigenvalue weighted by molar-refractivity contribution is 0.0919. The Morgan fingerprint density at radius 1 is 1.43 bits per heavy atom. The maximum Gasteiger partial charge on any atom is 0.287 e. The topological polar surface area (TPSA) is 106 Å². The van der Waals surface area contributed by atoms with Crippen LogP contribution in [-0.2, 0) is 16.6 Å². The Morgan fingerprint density at radius 2 is 2.19 bits per heavy atom. The molecule has 0 fully saturated rings. The smallest absolute Gasteiger partial charge is 0.287 e. The second kappa shape index (κ2) is 6.10. The van der Waals surface area contributed by atoms with Gasteiger partial charge in [0.2, 0.25) is 5.09 Å². The summed E-state index contributed by atoms with van der Waals surface area (Å²) >= 11 is 0. The number of aromatic nitrogens is 2. The van der Waals surface area contributed by atoms with Gasteiger partial charge in [-0.15, -0.1) is 0 Å². The molecule has 0 atom stereocenters. The van der Waals surface area contributed by atoms with E-state index in [1.807, 2.05) is 13.1 Å². The van der Waals surface area contributed by atoms with E-state index in [9.17, 15) is 13.2 Å². The predicted octanol–water partition coefficient (Wildman–Crippen LogP) is 0.123. The van der Waals surface area contributed by atoms with Crippen LogP contribution in [0, 0.1) is 6.92 Å². The fraction of sp³-hybridized carbons (Fsp3) is 0.333. The average Bonchev–Trinajstić information content (AvgIpc) is 3.08. The molecule has 2 heterocycles. The van der Waals surface area contributed by atoms with Gasteiger partial charge in [-0.2, -0.15) is 5.10 Å². The summed E-state index contributed by atoms with van der Waals surface area (Å²) in [7, 11) is -2.41. The minimum atomic E-state index is -3.68. The summed E-state index contributed by atoms with van der Waals surface area (Å²) in [5.74, 6) is -0.531. The molecule has 0 unspecified atom stereocenters. The molecular weight excluding hydrogens is 296 g/mol. The van der Waals surface area contributed by atoms with Gasteiger partial charge in [-0.05, 0) is 31.7 Å². The molecule has 0 aromatic carbocycles. The minimum absolute atomic E-state index is 0.0551. The van der Waals surface area contributed by atoms with Gasteiger partial charge in [0.15, 0.2) is 5.76 Å². The largest absolute Gasteiger partial charge is 0.438 e. The Kier molecular flexibility index (Phi) is 4.43. The molecule has 0 bridgehead atoms. The van der Waals surface area contributed by atoms with Crippen LogP contribution in [0.25, 0.3) is 0 Å². The minimum Gasteiger partial charge on any atom is -0.438 e. The van der Waals surface area contributed by atoms with E-state index < -0.39 is 15.9 Å². The third kappa shape index (κ3) is 3.70. The number of nitrogens with zero attached hydrogens (tertiary/aromatic N) is 2. The first-order chi connectivity index (χ1) is 9.92. The van der Waals surface area contributed by atoms with E-state index in [2.05, 4.69) is 15.1 Å². The first kappa shape index (κ1) is 15.3. The molecule has 9 heteroatoms. The summed E-state index contributed by atoms with van der Waals surface area (Å²) in [6.07, 6.45) is 3.58. The molecular formula is C12H16N4O4S. The molecule has 0 aliphatic heterocycles. The first-order valence-corrected chi connectivity index (χ1v) is 7.71. The zero-order valence-electron chi connectivity index (χ0n) is 11.7. The van der Waals surface area contributed by atoms with Crippen molar-refractivity contribution in [3.8, 4) is 0 Å². The van der Waals surface area contributed by atoms with Crippen LogP contribution >= 0.6 is 0 Å². The Labute approximate surface area is 122 Å². The summed E-state index contributed by atoms with van der Waals surface area (Å²) in [5.41, 5.74) is 1.04. The van der Waals surface area contributed by atoms with Gasteiger partial charge in [-0.1, -0.05) is 0 Å². The molecule has 8 nitrogen and oxygen atoms in total. The van der Waals surface area contributed by atoms with Crippen LogP contribution in [0.3, 0.4) is 0 Å². The van der Waals surface area contributed by atoms with Crippen LogP contribution in [-0.4, -0.2) is 37.7 Å². The number of carbonyl (C=O) groups excluding carboxylic acids is 1. The molecule has 2 N–H and O–H groups in total. The van der Waals surface area contributed by atoms with Gasteiger partial charge in [-0.25, -0.2) is 13.1 Å². The summed E-state index contributed by atoms with van der Waals surface area (Å²) < 4.78 is 31.8. The zero-order valence-corrected chi connectivity index (χ0v) is 12.5. The summed E-state index contributed by atoms with van der Waals surface area (Å²) in [5, 5.41) is 6.42. The quantitative estimate of drug-likeness (QED) is 0.788. The lowest BCUT2D eigenvalue weighted by atomic mass is 10.4. The molecule has 2 rings (SSSR count). The summed E-state index contributed by atoms with van der Waals surface area (Å²) in [6.45, 7) is 2.80. The SMILES string of the molecule is CNS(=O)(=O)c1ccc(C(=O)NCCn2cc(C)cn2)o1. The Morgan fingerprint density at radius 3 is 2.81 bits per heavy atom. The molecule has 0 radical (unpaired) electrons. The van der Waals surface area contributed by atoms with Crippen molar-refractivity contribution in [2.45, 2.75) is 18.6 Å². The van der Waals surface area contributed by atoms with Crippen molar-refractivity contribution in [2.75, 3.05) is 13.6 Å². The lowest BCUT2D eigenvalue weighted by Crippen LogP contribution is -2.27. The second-order valence-corrected chi connectivity index (χ2v) is 6.18. The van der Waals surface area contributed by atoms with Gasteiger partial charge < -0.3 is 9.73 Å². The number of amides is 1. The second-order valence-electron chi connectivity index (χ2n) is 4.36. The summed E-state index contributed by atoms with van der Waals surface area (Å²) in [6, 6.07) is 2.55. The van der Waals surface area contributed by atoms with Crippen LogP contribution in [0.5, 0.6) is 0 Å². The van der Waals surface area contributed by atoms with Crippen LogP contribution < -0.4 is 10.0 Å². The molecule has 0 saturated heterocycles. The van der Waals surface area contributed by atoms with Gasteiger partial charge in [0.1, 0.15) is 0 Å². The highest BCUT2D eigenvalue weighted by molar-refractivity contribution is 7.89. The van der Waals surface area contributed by atoms with E-state index >= 15 is 0 Å². The maximum absolute atomic E-state index is 11.8. The van der Waals surface area contributed by atoms with Gasteiger partial charge >= 0.3 is 0 Å². The highest BCUT2D eigenvalue weighted by Crippen LogP contribution is 2.13. The van der Waals surface area contributed by atoms with Crippen LogP contribution in [0.1, 0.15) is 16.1 Å². The Balaban J connectivity index is 1.92. The number of hydrogen-bond acceptors (Lipinski definition) is 5. The van der Waals surface area contributed by atoms with E-state index in [0.29, 0.717) is 13.1 Å². The fourth-order valence-electron chi connectivity index (χ4n) is 1.65. The molecule has 0 aliphatic carbocycles. The maximum atomic E-state index is 11.8. The molecule has 114 valence electrons. The van der Waals surface area contributed by atoms with Crippen molar-refractivity contribution < 1.29 is 17.6 Å². The number of sulfonamides is 1. The van der Waals surface area contributed by atoms with Crippen LogP contribution in [0.4, 0.5) is 0 Å². The van der Waals surface area contributed by atoms with Crippen molar-refractivity contribution in [3.63, 3.8) is 0 Å². The van der Waals surface area contributed by atoms with Gasteiger partial charge in [-0.3, -0.25) is 9.48 Å².